The minimum absolute atomic E-state index is 0.193. The molecule has 4 nitrogen and oxygen atoms in total. The number of benzene rings is 3. The number of ether oxygens (including phenoxy) is 1. The van der Waals surface area contributed by atoms with Crippen LogP contribution in [0.2, 0.25) is 0 Å². The summed E-state index contributed by atoms with van der Waals surface area (Å²) in [5.41, 5.74) is 3.62. The zero-order chi connectivity index (χ0) is 20.4. The molecule has 0 saturated carbocycles. The standard InChI is InChI=1S/C23H16Br2N2O2/c1-29-16-6-4-5-14(11-16)22-13-18(17-7-2-3-8-21(17)27-22)23(28)26-15-9-10-19(24)20(25)12-15/h2-13H,1H3,(H,26,28). The molecule has 0 unspecified atom stereocenters. The average Bonchev–Trinajstić information content (AvgIpc) is 2.75. The van der Waals surface area contributed by atoms with Crippen LogP contribution >= 0.6 is 31.9 Å². The van der Waals surface area contributed by atoms with Gasteiger partial charge in [-0.3, -0.25) is 4.79 Å². The molecule has 4 rings (SSSR count). The Balaban J connectivity index is 1.79. The number of nitrogens with one attached hydrogen (secondary N) is 1. The number of aromatic nitrogens is 1. The molecule has 0 aliphatic rings. The number of hydrogen-bond acceptors (Lipinski definition) is 3. The summed E-state index contributed by atoms with van der Waals surface area (Å²) in [7, 11) is 1.63. The summed E-state index contributed by atoms with van der Waals surface area (Å²) in [5, 5.41) is 3.78. The smallest absolute Gasteiger partial charge is 0.256 e. The van der Waals surface area contributed by atoms with E-state index in [0.29, 0.717) is 16.9 Å². The van der Waals surface area contributed by atoms with Crippen LogP contribution in [0.25, 0.3) is 22.2 Å². The van der Waals surface area contributed by atoms with Crippen molar-refractivity contribution in [1.82, 2.24) is 4.98 Å². The van der Waals surface area contributed by atoms with Gasteiger partial charge in [-0.2, -0.15) is 0 Å². The van der Waals surface area contributed by atoms with Crippen LogP contribution < -0.4 is 10.1 Å². The molecular formula is C23H16Br2N2O2. The van der Waals surface area contributed by atoms with Crippen LogP contribution in [0.5, 0.6) is 5.75 Å². The van der Waals surface area contributed by atoms with Crippen molar-refractivity contribution in [2.75, 3.05) is 12.4 Å². The predicted molar refractivity (Wildman–Crippen MR) is 124 cm³/mol. The lowest BCUT2D eigenvalue weighted by Gasteiger charge is -2.12. The highest BCUT2D eigenvalue weighted by molar-refractivity contribution is 9.13. The molecule has 0 atom stereocenters. The molecule has 1 N–H and O–H groups in total. The topological polar surface area (TPSA) is 51.2 Å². The molecule has 1 aromatic heterocycles. The lowest BCUT2D eigenvalue weighted by atomic mass is 10.0. The molecular weight excluding hydrogens is 496 g/mol. The number of pyridine rings is 1. The maximum Gasteiger partial charge on any atom is 0.256 e. The normalized spacial score (nSPS) is 10.7. The van der Waals surface area contributed by atoms with E-state index >= 15 is 0 Å². The number of carbonyl (C=O) groups is 1. The van der Waals surface area contributed by atoms with Gasteiger partial charge >= 0.3 is 0 Å². The van der Waals surface area contributed by atoms with E-state index in [1.807, 2.05) is 72.8 Å². The molecule has 29 heavy (non-hydrogen) atoms. The number of hydrogen-bond donors (Lipinski definition) is 1. The van der Waals surface area contributed by atoms with Gasteiger partial charge in [0, 0.05) is 25.6 Å². The largest absolute Gasteiger partial charge is 0.497 e. The fourth-order valence-corrected chi connectivity index (χ4v) is 3.69. The second-order valence-electron chi connectivity index (χ2n) is 6.39. The first-order chi connectivity index (χ1) is 14.0. The first kappa shape index (κ1) is 19.6. The van der Waals surface area contributed by atoms with Crippen molar-refractivity contribution in [3.05, 3.63) is 87.3 Å². The van der Waals surface area contributed by atoms with Gasteiger partial charge in [0.2, 0.25) is 0 Å². The van der Waals surface area contributed by atoms with Gasteiger partial charge in [-0.1, -0.05) is 30.3 Å². The van der Waals surface area contributed by atoms with Crippen molar-refractivity contribution in [2.45, 2.75) is 0 Å². The minimum atomic E-state index is -0.193. The first-order valence-corrected chi connectivity index (χ1v) is 10.4. The molecule has 1 amide bonds. The summed E-state index contributed by atoms with van der Waals surface area (Å²) in [6.45, 7) is 0. The number of anilines is 1. The van der Waals surface area contributed by atoms with Crippen LogP contribution in [0, 0.1) is 0 Å². The zero-order valence-electron chi connectivity index (χ0n) is 15.4. The highest BCUT2D eigenvalue weighted by Crippen LogP contribution is 2.29. The number of fused-ring (bicyclic) bond motifs is 1. The van der Waals surface area contributed by atoms with E-state index in [1.165, 1.54) is 0 Å². The molecule has 0 fully saturated rings. The third kappa shape index (κ3) is 4.18. The molecule has 4 aromatic rings. The van der Waals surface area contributed by atoms with Gasteiger partial charge in [0.15, 0.2) is 0 Å². The van der Waals surface area contributed by atoms with Gasteiger partial charge in [-0.15, -0.1) is 0 Å². The summed E-state index contributed by atoms with van der Waals surface area (Å²) in [6.07, 6.45) is 0. The Bertz CT molecular complexity index is 1220. The Kier molecular flexibility index (Phi) is 5.65. The molecule has 0 aliphatic carbocycles. The van der Waals surface area contributed by atoms with Crippen LogP contribution in [-0.4, -0.2) is 18.0 Å². The summed E-state index contributed by atoms with van der Waals surface area (Å²) in [4.78, 5) is 17.9. The number of rotatable bonds is 4. The average molecular weight is 512 g/mol. The molecule has 3 aromatic carbocycles. The van der Waals surface area contributed by atoms with E-state index < -0.39 is 0 Å². The highest BCUT2D eigenvalue weighted by Gasteiger charge is 2.15. The second kappa shape index (κ2) is 8.35. The molecule has 0 bridgehead atoms. The molecule has 144 valence electrons. The van der Waals surface area contributed by atoms with E-state index in [-0.39, 0.29) is 5.91 Å². The summed E-state index contributed by atoms with van der Waals surface area (Å²) >= 11 is 6.91. The van der Waals surface area contributed by atoms with E-state index in [2.05, 4.69) is 37.2 Å². The van der Waals surface area contributed by atoms with Crippen molar-refractivity contribution in [2.24, 2.45) is 0 Å². The van der Waals surface area contributed by atoms with Gasteiger partial charge in [0.25, 0.3) is 5.91 Å². The van der Waals surface area contributed by atoms with E-state index in [4.69, 9.17) is 9.72 Å². The number of para-hydroxylation sites is 1. The highest BCUT2D eigenvalue weighted by atomic mass is 79.9. The fraction of sp³-hybridized carbons (Fsp3) is 0.0435. The van der Waals surface area contributed by atoms with Crippen molar-refractivity contribution in [1.29, 1.82) is 0 Å². The molecule has 6 heteroatoms. The Hall–Kier alpha value is -2.70. The molecule has 0 radical (unpaired) electrons. The van der Waals surface area contributed by atoms with Gasteiger partial charge in [-0.05, 0) is 74.3 Å². The van der Waals surface area contributed by atoms with Crippen LogP contribution in [-0.2, 0) is 0 Å². The van der Waals surface area contributed by atoms with Crippen molar-refractivity contribution in [3.63, 3.8) is 0 Å². The van der Waals surface area contributed by atoms with Crippen LogP contribution in [0.15, 0.2) is 81.7 Å². The van der Waals surface area contributed by atoms with Crippen LogP contribution in [0.1, 0.15) is 10.4 Å². The SMILES string of the molecule is COc1cccc(-c2cc(C(=O)Nc3ccc(Br)c(Br)c3)c3ccccc3n2)c1. The third-order valence-corrected chi connectivity index (χ3v) is 6.38. The van der Waals surface area contributed by atoms with Gasteiger partial charge in [0.1, 0.15) is 5.75 Å². The summed E-state index contributed by atoms with van der Waals surface area (Å²) in [6, 6.07) is 22.7. The summed E-state index contributed by atoms with van der Waals surface area (Å²) in [5.74, 6) is 0.546. The van der Waals surface area contributed by atoms with Crippen molar-refractivity contribution >= 4 is 54.4 Å². The molecule has 0 spiro atoms. The van der Waals surface area contributed by atoms with Crippen LogP contribution in [0.4, 0.5) is 5.69 Å². The maximum atomic E-state index is 13.1. The van der Waals surface area contributed by atoms with Crippen molar-refractivity contribution in [3.8, 4) is 17.0 Å². The van der Waals surface area contributed by atoms with Crippen LogP contribution in [0.3, 0.4) is 0 Å². The predicted octanol–water partition coefficient (Wildman–Crippen LogP) is 6.69. The Morgan fingerprint density at radius 2 is 1.76 bits per heavy atom. The Morgan fingerprint density at radius 3 is 2.55 bits per heavy atom. The second-order valence-corrected chi connectivity index (χ2v) is 8.10. The molecule has 0 aliphatic heterocycles. The third-order valence-electron chi connectivity index (χ3n) is 4.50. The quantitative estimate of drug-likeness (QED) is 0.332. The number of methoxy groups -OCH3 is 1. The molecule has 0 saturated heterocycles. The fourth-order valence-electron chi connectivity index (χ4n) is 3.07. The number of carbonyl (C=O) groups excluding carboxylic acids is 1. The summed E-state index contributed by atoms with van der Waals surface area (Å²) < 4.78 is 7.12. The number of halogens is 2. The van der Waals surface area contributed by atoms with E-state index in [9.17, 15) is 4.79 Å². The molecule has 1 heterocycles. The van der Waals surface area contributed by atoms with E-state index in [0.717, 1.165) is 31.2 Å². The first-order valence-electron chi connectivity index (χ1n) is 8.86. The monoisotopic (exact) mass is 510 g/mol. The minimum Gasteiger partial charge on any atom is -0.497 e. The maximum absolute atomic E-state index is 13.1. The Morgan fingerprint density at radius 1 is 0.931 bits per heavy atom. The van der Waals surface area contributed by atoms with E-state index in [1.54, 1.807) is 7.11 Å². The van der Waals surface area contributed by atoms with Crippen molar-refractivity contribution < 1.29 is 9.53 Å². The van der Waals surface area contributed by atoms with Gasteiger partial charge in [-0.25, -0.2) is 4.98 Å². The number of nitrogens with zero attached hydrogens (tertiary/aromatic N) is 1. The van der Waals surface area contributed by atoms with Gasteiger partial charge < -0.3 is 10.1 Å². The zero-order valence-corrected chi connectivity index (χ0v) is 18.6. The van der Waals surface area contributed by atoms with Gasteiger partial charge in [0.05, 0.1) is 23.9 Å². The Labute approximate surface area is 185 Å². The lowest BCUT2D eigenvalue weighted by Crippen LogP contribution is -2.13. The lowest BCUT2D eigenvalue weighted by molar-refractivity contribution is 0.102. The number of amides is 1.